The topological polar surface area (TPSA) is 75.0 Å². The van der Waals surface area contributed by atoms with Crippen LogP contribution >= 0.6 is 0 Å². The zero-order chi connectivity index (χ0) is 26.5. The van der Waals surface area contributed by atoms with Crippen LogP contribution in [0.3, 0.4) is 0 Å². The van der Waals surface area contributed by atoms with E-state index in [1.54, 1.807) is 23.3 Å². The van der Waals surface area contributed by atoms with Crippen molar-refractivity contribution >= 4 is 11.8 Å². The third-order valence-electron chi connectivity index (χ3n) is 6.72. The van der Waals surface area contributed by atoms with Crippen LogP contribution in [0.4, 0.5) is 4.39 Å². The van der Waals surface area contributed by atoms with Crippen molar-refractivity contribution in [2.24, 2.45) is 5.92 Å². The molecule has 7 nitrogen and oxygen atoms in total. The van der Waals surface area contributed by atoms with E-state index in [0.29, 0.717) is 30.9 Å². The van der Waals surface area contributed by atoms with E-state index in [2.05, 4.69) is 5.32 Å². The molecule has 2 atom stereocenters. The SMILES string of the molecule is COc1cccc(F)c1CN1CC(C)N(C(=O)C(C)C)C(C(=O)NCc2ccc(-c3ccco3)cc2)C1. The molecule has 1 aromatic heterocycles. The maximum Gasteiger partial charge on any atom is 0.244 e. The fourth-order valence-corrected chi connectivity index (χ4v) is 4.83. The lowest BCUT2D eigenvalue weighted by Crippen LogP contribution is -2.64. The van der Waals surface area contributed by atoms with Gasteiger partial charge in [-0.05, 0) is 36.8 Å². The predicted molar refractivity (Wildman–Crippen MR) is 139 cm³/mol. The molecule has 196 valence electrons. The Morgan fingerprint density at radius 3 is 2.51 bits per heavy atom. The van der Waals surface area contributed by atoms with Crippen molar-refractivity contribution in [3.8, 4) is 17.1 Å². The Morgan fingerprint density at radius 2 is 1.86 bits per heavy atom. The first-order valence-corrected chi connectivity index (χ1v) is 12.5. The van der Waals surface area contributed by atoms with Gasteiger partial charge in [-0.3, -0.25) is 14.5 Å². The van der Waals surface area contributed by atoms with Gasteiger partial charge in [-0.25, -0.2) is 4.39 Å². The number of hydrogen-bond donors (Lipinski definition) is 1. The van der Waals surface area contributed by atoms with Crippen LogP contribution in [-0.2, 0) is 22.7 Å². The van der Waals surface area contributed by atoms with E-state index in [4.69, 9.17) is 9.15 Å². The van der Waals surface area contributed by atoms with E-state index < -0.39 is 6.04 Å². The van der Waals surface area contributed by atoms with E-state index in [1.165, 1.54) is 13.2 Å². The van der Waals surface area contributed by atoms with E-state index in [1.807, 2.05) is 62.1 Å². The maximum absolute atomic E-state index is 14.6. The molecule has 37 heavy (non-hydrogen) atoms. The normalized spacial score (nSPS) is 18.2. The zero-order valence-corrected chi connectivity index (χ0v) is 21.7. The van der Waals surface area contributed by atoms with E-state index >= 15 is 0 Å². The second-order valence-corrected chi connectivity index (χ2v) is 9.77. The minimum atomic E-state index is -0.696. The van der Waals surface area contributed by atoms with Crippen molar-refractivity contribution in [2.45, 2.75) is 45.9 Å². The number of methoxy groups -OCH3 is 1. The van der Waals surface area contributed by atoms with Crippen LogP contribution < -0.4 is 10.1 Å². The van der Waals surface area contributed by atoms with Gasteiger partial charge in [0, 0.05) is 49.3 Å². The third-order valence-corrected chi connectivity index (χ3v) is 6.72. The Morgan fingerprint density at radius 1 is 1.11 bits per heavy atom. The number of carbonyl (C=O) groups is 2. The van der Waals surface area contributed by atoms with Crippen LogP contribution in [-0.4, -0.2) is 53.9 Å². The monoisotopic (exact) mass is 507 g/mol. The molecule has 1 saturated heterocycles. The molecule has 1 N–H and O–H groups in total. The van der Waals surface area contributed by atoms with Crippen molar-refractivity contribution in [3.63, 3.8) is 0 Å². The molecule has 0 saturated carbocycles. The molecule has 2 unspecified atom stereocenters. The van der Waals surface area contributed by atoms with Gasteiger partial charge in [0.25, 0.3) is 0 Å². The van der Waals surface area contributed by atoms with Crippen molar-refractivity contribution < 1.29 is 23.1 Å². The molecule has 3 aromatic rings. The summed E-state index contributed by atoms with van der Waals surface area (Å²) in [4.78, 5) is 30.3. The number of nitrogens with one attached hydrogen (secondary N) is 1. The van der Waals surface area contributed by atoms with Crippen LogP contribution in [0.15, 0.2) is 65.3 Å². The summed E-state index contributed by atoms with van der Waals surface area (Å²) >= 11 is 0. The lowest BCUT2D eigenvalue weighted by molar-refractivity contribution is -0.150. The van der Waals surface area contributed by atoms with Gasteiger partial charge >= 0.3 is 0 Å². The van der Waals surface area contributed by atoms with Gasteiger partial charge in [-0.1, -0.05) is 44.2 Å². The summed E-state index contributed by atoms with van der Waals surface area (Å²) in [6.07, 6.45) is 1.63. The average molecular weight is 508 g/mol. The molecular weight excluding hydrogens is 473 g/mol. The summed E-state index contributed by atoms with van der Waals surface area (Å²) in [6.45, 7) is 7.02. The van der Waals surface area contributed by atoms with E-state index in [-0.39, 0.29) is 36.1 Å². The fraction of sp³-hybridized carbons (Fsp3) is 0.379. The Kier molecular flexibility index (Phi) is 8.28. The standard InChI is InChI=1S/C29H34FN3O4/c1-19(2)29(35)33-20(3)16-32(17-23-24(30)7-5-8-27(23)36-4)18-25(33)28(34)31-15-21-10-12-22(13-11-21)26-9-6-14-37-26/h5-14,19-20,25H,15-18H2,1-4H3,(H,31,34). The summed E-state index contributed by atoms with van der Waals surface area (Å²) < 4.78 is 25.4. The summed E-state index contributed by atoms with van der Waals surface area (Å²) in [5.41, 5.74) is 2.33. The molecule has 1 aliphatic rings. The van der Waals surface area contributed by atoms with Crippen LogP contribution in [0.5, 0.6) is 5.75 Å². The number of piperazine rings is 1. The summed E-state index contributed by atoms with van der Waals surface area (Å²) in [7, 11) is 1.51. The molecule has 0 spiro atoms. The molecule has 0 bridgehead atoms. The van der Waals surface area contributed by atoms with Crippen molar-refractivity contribution in [1.82, 2.24) is 15.1 Å². The number of hydrogen-bond acceptors (Lipinski definition) is 5. The molecular formula is C29H34FN3O4. The predicted octanol–water partition coefficient (Wildman–Crippen LogP) is 4.47. The number of rotatable bonds is 8. The molecule has 2 amide bonds. The van der Waals surface area contributed by atoms with E-state index in [9.17, 15) is 14.0 Å². The Balaban J connectivity index is 1.49. The number of benzene rings is 2. The van der Waals surface area contributed by atoms with Gasteiger partial charge in [0.05, 0.1) is 13.4 Å². The Bertz CT molecular complexity index is 1210. The summed E-state index contributed by atoms with van der Waals surface area (Å²) in [5, 5.41) is 3.00. The highest BCUT2D eigenvalue weighted by Gasteiger charge is 2.40. The van der Waals surface area contributed by atoms with Gasteiger partial charge in [-0.2, -0.15) is 0 Å². The third kappa shape index (κ3) is 6.02. The quantitative estimate of drug-likeness (QED) is 0.487. The number of carbonyl (C=O) groups excluding carboxylic acids is 2. The lowest BCUT2D eigenvalue weighted by atomic mass is 10.0. The smallest absolute Gasteiger partial charge is 0.244 e. The first-order valence-electron chi connectivity index (χ1n) is 12.5. The van der Waals surface area contributed by atoms with Crippen molar-refractivity contribution in [3.05, 3.63) is 77.8 Å². The molecule has 4 rings (SSSR count). The number of amides is 2. The van der Waals surface area contributed by atoms with Gasteiger partial charge in [0.2, 0.25) is 11.8 Å². The number of halogens is 1. The minimum absolute atomic E-state index is 0.0708. The number of furan rings is 1. The molecule has 2 heterocycles. The van der Waals surface area contributed by atoms with Crippen LogP contribution in [0.25, 0.3) is 11.3 Å². The first-order chi connectivity index (χ1) is 17.8. The second kappa shape index (κ2) is 11.6. The largest absolute Gasteiger partial charge is 0.496 e. The summed E-state index contributed by atoms with van der Waals surface area (Å²) in [5.74, 6) is 0.338. The lowest BCUT2D eigenvalue weighted by Gasteiger charge is -2.45. The molecule has 1 fully saturated rings. The highest BCUT2D eigenvalue weighted by molar-refractivity contribution is 5.89. The van der Waals surface area contributed by atoms with Crippen molar-refractivity contribution in [2.75, 3.05) is 20.2 Å². The molecule has 2 aromatic carbocycles. The molecule has 8 heteroatoms. The summed E-state index contributed by atoms with van der Waals surface area (Å²) in [6, 6.07) is 15.3. The highest BCUT2D eigenvalue weighted by atomic mass is 19.1. The average Bonchev–Trinajstić information content (AvgIpc) is 3.43. The highest BCUT2D eigenvalue weighted by Crippen LogP contribution is 2.26. The fourth-order valence-electron chi connectivity index (χ4n) is 4.83. The zero-order valence-electron chi connectivity index (χ0n) is 21.7. The second-order valence-electron chi connectivity index (χ2n) is 9.77. The molecule has 0 radical (unpaired) electrons. The molecule has 0 aliphatic carbocycles. The van der Waals surface area contributed by atoms with Gasteiger partial charge in [-0.15, -0.1) is 0 Å². The van der Waals surface area contributed by atoms with Crippen molar-refractivity contribution in [1.29, 1.82) is 0 Å². The Labute approximate surface area is 217 Å². The van der Waals surface area contributed by atoms with Crippen LogP contribution in [0.2, 0.25) is 0 Å². The van der Waals surface area contributed by atoms with Gasteiger partial charge in [0.15, 0.2) is 0 Å². The van der Waals surface area contributed by atoms with E-state index in [0.717, 1.165) is 16.9 Å². The number of nitrogens with zero attached hydrogens (tertiary/aromatic N) is 2. The Hall–Kier alpha value is -3.65. The van der Waals surface area contributed by atoms with Gasteiger partial charge in [0.1, 0.15) is 23.4 Å². The maximum atomic E-state index is 14.6. The number of ether oxygens (including phenoxy) is 1. The molecule has 1 aliphatic heterocycles. The van der Waals surface area contributed by atoms with Gasteiger partial charge < -0.3 is 19.4 Å². The minimum Gasteiger partial charge on any atom is -0.496 e. The van der Waals surface area contributed by atoms with Crippen LogP contribution in [0, 0.1) is 11.7 Å². The first kappa shape index (κ1) is 26.4. The van der Waals surface area contributed by atoms with Crippen LogP contribution in [0.1, 0.15) is 31.9 Å².